The molecule has 0 unspecified atom stereocenters. The van der Waals surface area contributed by atoms with Crippen molar-refractivity contribution in [3.63, 3.8) is 0 Å². The second kappa shape index (κ2) is 8.78. The Kier molecular flexibility index (Phi) is 6.18. The summed E-state index contributed by atoms with van der Waals surface area (Å²) in [5.41, 5.74) is 7.73. The van der Waals surface area contributed by atoms with Crippen molar-refractivity contribution < 1.29 is 13.9 Å². The predicted octanol–water partition coefficient (Wildman–Crippen LogP) is 4.40. The number of nitrogens with two attached hydrogens (primary N) is 1. The minimum Gasteiger partial charge on any atom is -0.466 e. The Morgan fingerprint density at radius 3 is 2.58 bits per heavy atom. The second-order valence-electron chi connectivity index (χ2n) is 9.18. The first-order valence-corrected chi connectivity index (χ1v) is 11.4. The lowest BCUT2D eigenvalue weighted by molar-refractivity contribution is -0.148. The number of carbonyl (C=O) groups excluding carboxylic acids is 1. The number of nitrogens with zero attached hydrogens (tertiary/aromatic N) is 5. The molecule has 1 aliphatic heterocycles. The van der Waals surface area contributed by atoms with Gasteiger partial charge in [0.2, 0.25) is 5.95 Å². The molecule has 3 heterocycles. The summed E-state index contributed by atoms with van der Waals surface area (Å²) in [6.45, 7) is 9.39. The molecule has 2 N–H and O–H groups in total. The van der Waals surface area contributed by atoms with Gasteiger partial charge in [0.25, 0.3) is 0 Å². The van der Waals surface area contributed by atoms with Crippen LogP contribution in [-0.2, 0) is 15.1 Å². The number of aromatic nitrogens is 4. The van der Waals surface area contributed by atoms with E-state index in [1.165, 1.54) is 12.1 Å². The van der Waals surface area contributed by atoms with Crippen LogP contribution in [0.4, 0.5) is 16.2 Å². The van der Waals surface area contributed by atoms with Crippen LogP contribution in [0.2, 0.25) is 5.02 Å². The first kappa shape index (κ1) is 23.2. The summed E-state index contributed by atoms with van der Waals surface area (Å²) < 4.78 is 20.7. The lowest BCUT2D eigenvalue weighted by atomic mass is 9.97. The van der Waals surface area contributed by atoms with Crippen LogP contribution in [0.5, 0.6) is 0 Å². The number of hydrogen-bond acceptors (Lipinski definition) is 7. The number of piperidine rings is 1. The van der Waals surface area contributed by atoms with Crippen molar-refractivity contribution in [1.29, 1.82) is 0 Å². The zero-order valence-electron chi connectivity index (χ0n) is 19.2. The van der Waals surface area contributed by atoms with Gasteiger partial charge in [-0.3, -0.25) is 4.79 Å². The van der Waals surface area contributed by atoms with E-state index in [1.807, 2.05) is 32.6 Å². The highest BCUT2D eigenvalue weighted by Gasteiger charge is 2.29. The lowest BCUT2D eigenvalue weighted by Gasteiger charge is -2.31. The summed E-state index contributed by atoms with van der Waals surface area (Å²) >= 11 is 6.07. The fourth-order valence-electron chi connectivity index (χ4n) is 4.08. The van der Waals surface area contributed by atoms with E-state index in [2.05, 4.69) is 5.10 Å². The van der Waals surface area contributed by atoms with E-state index in [0.29, 0.717) is 66.6 Å². The van der Waals surface area contributed by atoms with Crippen LogP contribution in [0.1, 0.15) is 40.5 Å². The number of nitrogen functional groups attached to an aromatic ring is 1. The molecule has 0 aliphatic carbocycles. The molecule has 3 aromatic rings. The third-order valence-corrected chi connectivity index (χ3v) is 6.07. The smallest absolute Gasteiger partial charge is 0.309 e. The van der Waals surface area contributed by atoms with Gasteiger partial charge < -0.3 is 15.4 Å². The molecule has 0 bridgehead atoms. The van der Waals surface area contributed by atoms with Crippen molar-refractivity contribution in [2.75, 3.05) is 30.3 Å². The Labute approximate surface area is 196 Å². The predicted molar refractivity (Wildman–Crippen MR) is 127 cm³/mol. The summed E-state index contributed by atoms with van der Waals surface area (Å²) in [5, 5.41) is 5.26. The molecular formula is C23H28ClFN6O2. The largest absolute Gasteiger partial charge is 0.466 e. The maximum atomic E-state index is 13.8. The first-order valence-electron chi connectivity index (χ1n) is 11.0. The zero-order valence-corrected chi connectivity index (χ0v) is 20.0. The highest BCUT2D eigenvalue weighted by Crippen LogP contribution is 2.36. The van der Waals surface area contributed by atoms with Gasteiger partial charge in [0.1, 0.15) is 11.6 Å². The molecular weight excluding hydrogens is 447 g/mol. The van der Waals surface area contributed by atoms with Crippen LogP contribution in [0.3, 0.4) is 0 Å². The van der Waals surface area contributed by atoms with Gasteiger partial charge in [0.05, 0.1) is 34.2 Å². The van der Waals surface area contributed by atoms with Crippen LogP contribution in [0.15, 0.2) is 18.2 Å². The highest BCUT2D eigenvalue weighted by atomic mass is 35.5. The monoisotopic (exact) mass is 474 g/mol. The Morgan fingerprint density at radius 1 is 1.27 bits per heavy atom. The maximum absolute atomic E-state index is 13.8. The number of hydrogen-bond donors (Lipinski definition) is 1. The van der Waals surface area contributed by atoms with E-state index in [1.54, 1.807) is 10.7 Å². The number of halogens is 2. The molecule has 1 aliphatic rings. The van der Waals surface area contributed by atoms with Gasteiger partial charge >= 0.3 is 5.97 Å². The molecule has 4 rings (SSSR count). The van der Waals surface area contributed by atoms with Crippen molar-refractivity contribution in [3.05, 3.63) is 29.0 Å². The molecule has 0 atom stereocenters. The van der Waals surface area contributed by atoms with Crippen molar-refractivity contribution in [1.82, 2.24) is 19.7 Å². The molecule has 0 amide bonds. The number of rotatable bonds is 4. The molecule has 1 fully saturated rings. The minimum atomic E-state index is -0.509. The lowest BCUT2D eigenvalue weighted by Crippen LogP contribution is -2.38. The van der Waals surface area contributed by atoms with Gasteiger partial charge in [0.15, 0.2) is 5.65 Å². The van der Waals surface area contributed by atoms with E-state index in [4.69, 9.17) is 32.0 Å². The third kappa shape index (κ3) is 4.46. The van der Waals surface area contributed by atoms with Gasteiger partial charge in [-0.25, -0.2) is 14.1 Å². The molecule has 0 spiro atoms. The van der Waals surface area contributed by atoms with Crippen LogP contribution in [-0.4, -0.2) is 45.4 Å². The molecule has 8 nitrogen and oxygen atoms in total. The molecule has 33 heavy (non-hydrogen) atoms. The van der Waals surface area contributed by atoms with E-state index < -0.39 is 5.82 Å². The molecule has 176 valence electrons. The summed E-state index contributed by atoms with van der Waals surface area (Å²) in [7, 11) is 0. The number of carbonyl (C=O) groups is 1. The number of anilines is 2. The summed E-state index contributed by atoms with van der Waals surface area (Å²) in [6.07, 6.45) is 1.30. The zero-order chi connectivity index (χ0) is 23.9. The van der Waals surface area contributed by atoms with E-state index in [-0.39, 0.29) is 22.4 Å². The number of ether oxygens (including phenoxy) is 1. The average molecular weight is 475 g/mol. The number of esters is 1. The summed E-state index contributed by atoms with van der Waals surface area (Å²) in [4.78, 5) is 23.6. The topological polar surface area (TPSA) is 99.2 Å². The third-order valence-electron chi connectivity index (χ3n) is 5.78. The Balaban J connectivity index is 1.79. The SMILES string of the molecule is CCOC(=O)C1CCN(c2nc(-c3ccc(F)c(Cl)c3)c3c(N)n(C(C)(C)C)nc3n2)CC1. The summed E-state index contributed by atoms with van der Waals surface area (Å²) in [5.74, 6) is 0.118. The second-order valence-corrected chi connectivity index (χ2v) is 9.59. The minimum absolute atomic E-state index is 0.00199. The molecule has 0 saturated carbocycles. The van der Waals surface area contributed by atoms with Crippen molar-refractivity contribution >= 4 is 40.4 Å². The van der Waals surface area contributed by atoms with Crippen molar-refractivity contribution in [2.24, 2.45) is 5.92 Å². The highest BCUT2D eigenvalue weighted by molar-refractivity contribution is 6.31. The molecule has 2 aromatic heterocycles. The van der Waals surface area contributed by atoms with Gasteiger partial charge in [-0.15, -0.1) is 5.10 Å². The normalized spacial score (nSPS) is 15.3. The fraction of sp³-hybridized carbons (Fsp3) is 0.478. The van der Waals surface area contributed by atoms with E-state index in [9.17, 15) is 9.18 Å². The first-order chi connectivity index (χ1) is 15.6. The van der Waals surface area contributed by atoms with Crippen LogP contribution in [0.25, 0.3) is 22.3 Å². The molecule has 0 radical (unpaired) electrons. The van der Waals surface area contributed by atoms with Gasteiger partial charge in [-0.05, 0) is 58.7 Å². The molecule has 1 saturated heterocycles. The van der Waals surface area contributed by atoms with Crippen molar-refractivity contribution in [3.8, 4) is 11.3 Å². The quantitative estimate of drug-likeness (QED) is 0.559. The van der Waals surface area contributed by atoms with E-state index in [0.717, 1.165) is 0 Å². The van der Waals surface area contributed by atoms with Gasteiger partial charge in [-0.2, -0.15) is 4.98 Å². The fourth-order valence-corrected chi connectivity index (χ4v) is 4.26. The van der Waals surface area contributed by atoms with Crippen LogP contribution < -0.4 is 10.6 Å². The number of fused-ring (bicyclic) bond motifs is 1. The van der Waals surface area contributed by atoms with Gasteiger partial charge in [0, 0.05) is 18.7 Å². The Hall–Kier alpha value is -2.94. The van der Waals surface area contributed by atoms with Crippen LogP contribution in [0, 0.1) is 11.7 Å². The Morgan fingerprint density at radius 2 is 1.97 bits per heavy atom. The number of benzene rings is 1. The Bertz CT molecular complexity index is 1200. The van der Waals surface area contributed by atoms with E-state index >= 15 is 0 Å². The molecule has 10 heteroatoms. The summed E-state index contributed by atoms with van der Waals surface area (Å²) in [6, 6.07) is 4.46. The molecule has 1 aromatic carbocycles. The van der Waals surface area contributed by atoms with Gasteiger partial charge in [-0.1, -0.05) is 11.6 Å². The average Bonchev–Trinajstić information content (AvgIpc) is 3.12. The van der Waals surface area contributed by atoms with Crippen LogP contribution >= 0.6 is 11.6 Å². The standard InChI is InChI=1S/C23H28ClFN6O2/c1-5-33-21(32)13-8-10-30(11-9-13)22-27-18(14-6-7-16(25)15(24)12-14)17-19(26)31(23(2,3)4)29-20(17)28-22/h6-7,12-13H,5,8-11,26H2,1-4H3. The van der Waals surface area contributed by atoms with Crippen molar-refractivity contribution in [2.45, 2.75) is 46.1 Å². The maximum Gasteiger partial charge on any atom is 0.309 e.